The van der Waals surface area contributed by atoms with E-state index in [-0.39, 0.29) is 0 Å². The normalized spacial score (nSPS) is 14.6. The van der Waals surface area contributed by atoms with Crippen LogP contribution in [-0.2, 0) is 6.42 Å². The molecule has 0 unspecified atom stereocenters. The van der Waals surface area contributed by atoms with Gasteiger partial charge in [0.05, 0.1) is 15.6 Å². The summed E-state index contributed by atoms with van der Waals surface area (Å²) in [7, 11) is 0. The van der Waals surface area contributed by atoms with Crippen molar-refractivity contribution in [3.05, 3.63) is 112 Å². The van der Waals surface area contributed by atoms with Crippen LogP contribution in [-0.4, -0.2) is 11.2 Å². The summed E-state index contributed by atoms with van der Waals surface area (Å²) < 4.78 is 1.36. The number of allylic oxidation sites excluding steroid dienone is 1. The molecule has 1 aliphatic rings. The number of pyridine rings is 1. The highest BCUT2D eigenvalue weighted by Gasteiger charge is 2.24. The number of rotatable bonds is 5. The average Bonchev–Trinajstić information content (AvgIpc) is 2.88. The topological polar surface area (TPSA) is 12.9 Å². The summed E-state index contributed by atoms with van der Waals surface area (Å²) in [6, 6.07) is 32.5. The highest BCUT2D eigenvalue weighted by Crippen LogP contribution is 2.46. The van der Waals surface area contributed by atoms with Crippen LogP contribution in [0.15, 0.2) is 100 Å². The molecule has 3 heteroatoms. The van der Waals surface area contributed by atoms with Crippen LogP contribution in [0.2, 0.25) is 0 Å². The lowest BCUT2D eigenvalue weighted by atomic mass is 9.86. The van der Waals surface area contributed by atoms with E-state index in [4.69, 9.17) is 4.98 Å². The number of nitrogens with zero attached hydrogens (tertiary/aromatic N) is 1. The molecule has 1 heterocycles. The van der Waals surface area contributed by atoms with Gasteiger partial charge in [-0.25, -0.2) is 4.98 Å². The van der Waals surface area contributed by atoms with Gasteiger partial charge in [-0.1, -0.05) is 90.1 Å². The zero-order valence-electron chi connectivity index (χ0n) is 19.0. The van der Waals surface area contributed by atoms with Crippen molar-refractivity contribution in [2.24, 2.45) is 0 Å². The molecule has 5 rings (SSSR count). The minimum atomic E-state index is 1.05. The summed E-state index contributed by atoms with van der Waals surface area (Å²) in [5.74, 6) is 0. The van der Waals surface area contributed by atoms with E-state index in [9.17, 15) is 0 Å². The Kier molecular flexibility index (Phi) is 6.70. The maximum atomic E-state index is 5.29. The van der Waals surface area contributed by atoms with Crippen molar-refractivity contribution in [3.63, 3.8) is 0 Å². The number of aryl methyl sites for hydroxylation is 1. The van der Waals surface area contributed by atoms with Gasteiger partial charge in [0.1, 0.15) is 0 Å². The van der Waals surface area contributed by atoms with Crippen molar-refractivity contribution in [3.8, 4) is 22.4 Å². The SMILES string of the molecule is CS/C(Sc1ccc(C)cc1)=C1\CCCc2c(-c3ccccc3)cc(-c3ccccc3)nc21. The third-order valence-corrected chi connectivity index (χ3v) is 8.39. The molecule has 4 aromatic rings. The lowest BCUT2D eigenvalue weighted by Crippen LogP contribution is -2.09. The molecule has 3 aromatic carbocycles. The number of fused-ring (bicyclic) bond motifs is 1. The number of hydrogen-bond donors (Lipinski definition) is 0. The molecule has 0 spiro atoms. The van der Waals surface area contributed by atoms with E-state index in [1.54, 1.807) is 0 Å². The molecule has 0 saturated heterocycles. The minimum Gasteiger partial charge on any atom is -0.248 e. The minimum absolute atomic E-state index is 1.05. The average molecular weight is 466 g/mol. The first kappa shape index (κ1) is 22.1. The molecule has 0 radical (unpaired) electrons. The first-order chi connectivity index (χ1) is 16.2. The molecule has 0 saturated carbocycles. The van der Waals surface area contributed by atoms with Crippen molar-refractivity contribution in [1.29, 1.82) is 0 Å². The Hall–Kier alpha value is -2.75. The lowest BCUT2D eigenvalue weighted by Gasteiger charge is -2.25. The van der Waals surface area contributed by atoms with Gasteiger partial charge >= 0.3 is 0 Å². The van der Waals surface area contributed by atoms with E-state index in [1.807, 2.05) is 23.5 Å². The van der Waals surface area contributed by atoms with Gasteiger partial charge in [0.15, 0.2) is 0 Å². The summed E-state index contributed by atoms with van der Waals surface area (Å²) in [5, 5.41) is 0. The van der Waals surface area contributed by atoms with Crippen LogP contribution in [0.25, 0.3) is 28.0 Å². The van der Waals surface area contributed by atoms with Crippen LogP contribution in [0.3, 0.4) is 0 Å². The van der Waals surface area contributed by atoms with Gasteiger partial charge in [-0.15, -0.1) is 11.8 Å². The highest BCUT2D eigenvalue weighted by molar-refractivity contribution is 8.22. The third kappa shape index (κ3) is 4.80. The van der Waals surface area contributed by atoms with E-state index in [1.165, 1.54) is 48.2 Å². The highest BCUT2D eigenvalue weighted by atomic mass is 32.2. The summed E-state index contributed by atoms with van der Waals surface area (Å²) in [4.78, 5) is 6.58. The standard InChI is InChI=1S/C30H27NS2/c1-21-16-18-24(19-17-21)33-30(32-2)26-15-9-14-25-27(22-10-5-3-6-11-22)20-28(31-29(25)26)23-12-7-4-8-13-23/h3-8,10-13,16-20H,9,14-15H2,1-2H3/b30-26-. The number of hydrogen-bond acceptors (Lipinski definition) is 3. The molecule has 0 aliphatic heterocycles. The molecule has 0 N–H and O–H groups in total. The second kappa shape index (κ2) is 10.0. The number of thioether (sulfide) groups is 2. The first-order valence-electron chi connectivity index (χ1n) is 11.4. The summed E-state index contributed by atoms with van der Waals surface area (Å²) >= 11 is 3.72. The van der Waals surface area contributed by atoms with Crippen molar-refractivity contribution < 1.29 is 0 Å². The van der Waals surface area contributed by atoms with E-state index in [0.717, 1.165) is 25.0 Å². The Morgan fingerprint density at radius 3 is 2.12 bits per heavy atom. The first-order valence-corrected chi connectivity index (χ1v) is 13.4. The number of aromatic nitrogens is 1. The number of benzene rings is 3. The van der Waals surface area contributed by atoms with Gasteiger partial charge in [-0.05, 0) is 72.9 Å². The fourth-order valence-corrected chi connectivity index (χ4v) is 6.28. The molecular formula is C30H27NS2. The fourth-order valence-electron chi connectivity index (χ4n) is 4.41. The molecule has 33 heavy (non-hydrogen) atoms. The van der Waals surface area contributed by atoms with Crippen LogP contribution in [0.5, 0.6) is 0 Å². The zero-order chi connectivity index (χ0) is 22.6. The van der Waals surface area contributed by atoms with Crippen LogP contribution in [0.4, 0.5) is 0 Å². The monoisotopic (exact) mass is 465 g/mol. The zero-order valence-corrected chi connectivity index (χ0v) is 20.7. The van der Waals surface area contributed by atoms with Crippen LogP contribution in [0, 0.1) is 6.92 Å². The van der Waals surface area contributed by atoms with Crippen molar-refractivity contribution in [1.82, 2.24) is 4.98 Å². The van der Waals surface area contributed by atoms with Crippen LogP contribution >= 0.6 is 23.5 Å². The molecular weight excluding hydrogens is 438 g/mol. The molecule has 0 bridgehead atoms. The third-order valence-electron chi connectivity index (χ3n) is 6.08. The van der Waals surface area contributed by atoms with Gasteiger partial charge in [0.2, 0.25) is 0 Å². The van der Waals surface area contributed by atoms with Gasteiger partial charge < -0.3 is 0 Å². The summed E-state index contributed by atoms with van der Waals surface area (Å²) in [6.07, 6.45) is 5.49. The maximum absolute atomic E-state index is 5.29. The largest absolute Gasteiger partial charge is 0.248 e. The second-order valence-corrected chi connectivity index (χ2v) is 10.5. The van der Waals surface area contributed by atoms with Crippen molar-refractivity contribution in [2.45, 2.75) is 31.1 Å². The van der Waals surface area contributed by atoms with Crippen molar-refractivity contribution in [2.75, 3.05) is 6.26 Å². The predicted molar refractivity (Wildman–Crippen MR) is 146 cm³/mol. The second-order valence-electron chi connectivity index (χ2n) is 8.35. The van der Waals surface area contributed by atoms with Crippen LogP contribution in [0.1, 0.15) is 29.7 Å². The summed E-state index contributed by atoms with van der Waals surface area (Å²) in [5.41, 5.74) is 10.1. The van der Waals surface area contributed by atoms with Crippen molar-refractivity contribution >= 4 is 29.1 Å². The van der Waals surface area contributed by atoms with Gasteiger partial charge in [0, 0.05) is 10.5 Å². The van der Waals surface area contributed by atoms with E-state index < -0.39 is 0 Å². The Balaban J connectivity index is 1.69. The predicted octanol–water partition coefficient (Wildman–Crippen LogP) is 8.88. The molecule has 1 aromatic heterocycles. The van der Waals surface area contributed by atoms with Gasteiger partial charge in [-0.3, -0.25) is 0 Å². The molecule has 0 fully saturated rings. The fraction of sp³-hybridized carbons (Fsp3) is 0.167. The maximum Gasteiger partial charge on any atom is 0.0723 e. The van der Waals surface area contributed by atoms with Gasteiger partial charge in [-0.2, -0.15) is 0 Å². The smallest absolute Gasteiger partial charge is 0.0723 e. The Bertz CT molecular complexity index is 1280. The van der Waals surface area contributed by atoms with E-state index in [0.29, 0.717) is 0 Å². The van der Waals surface area contributed by atoms with Gasteiger partial charge in [0.25, 0.3) is 0 Å². The summed E-state index contributed by atoms with van der Waals surface area (Å²) in [6.45, 7) is 2.14. The molecule has 1 aliphatic carbocycles. The Labute approximate surface area is 205 Å². The van der Waals surface area contributed by atoms with E-state index in [2.05, 4.69) is 104 Å². The van der Waals surface area contributed by atoms with E-state index >= 15 is 0 Å². The quantitative estimate of drug-likeness (QED) is 0.273. The Morgan fingerprint density at radius 2 is 1.45 bits per heavy atom. The molecule has 0 amide bonds. The lowest BCUT2D eigenvalue weighted by molar-refractivity contribution is 0.811. The Morgan fingerprint density at radius 1 is 0.788 bits per heavy atom. The molecule has 1 nitrogen and oxygen atoms in total. The molecule has 164 valence electrons. The van der Waals surface area contributed by atoms with Crippen LogP contribution < -0.4 is 0 Å². The molecule has 0 atom stereocenters.